The largest absolute Gasteiger partial charge is 0.478 e. The molecular formula is C16H23FN2O8. The van der Waals surface area contributed by atoms with Gasteiger partial charge in [0.15, 0.2) is 18.4 Å². The molecule has 27 heavy (non-hydrogen) atoms. The summed E-state index contributed by atoms with van der Waals surface area (Å²) in [7, 11) is 0. The van der Waals surface area contributed by atoms with E-state index in [-0.39, 0.29) is 6.61 Å². The highest BCUT2D eigenvalue weighted by molar-refractivity contribution is 5.86. The molecule has 5 atom stereocenters. The third kappa shape index (κ3) is 6.61. The number of hydrogen-bond acceptors (Lipinski definition) is 8. The van der Waals surface area contributed by atoms with E-state index in [9.17, 15) is 19.5 Å². The Bertz CT molecular complexity index is 597. The first-order valence-corrected chi connectivity index (χ1v) is 8.16. The standard InChI is InChI=1S/C16H23FN2O8/c1-4-25-27-12(7-24-9(3)21)13(17)15-14(19-8(2)20)10(6-18)5-11(26-15)16(22)23/h5-6,10,12-15,18H,4,7H2,1-3H3,(H,19,20)(H,22,23). The normalized spacial score (nSPS) is 24.0. The molecule has 1 heterocycles. The number of alkyl halides is 1. The number of ether oxygens (including phenoxy) is 2. The van der Waals surface area contributed by atoms with Crippen molar-refractivity contribution in [1.29, 1.82) is 5.41 Å². The zero-order chi connectivity index (χ0) is 20.6. The summed E-state index contributed by atoms with van der Waals surface area (Å²) in [5.74, 6) is -4.16. The maximum atomic E-state index is 15.2. The molecule has 10 nitrogen and oxygen atoms in total. The van der Waals surface area contributed by atoms with Crippen molar-refractivity contribution >= 4 is 24.1 Å². The van der Waals surface area contributed by atoms with Crippen molar-refractivity contribution < 1.29 is 43.1 Å². The number of amides is 1. The van der Waals surface area contributed by atoms with Gasteiger partial charge in [-0.3, -0.25) is 9.59 Å². The Kier molecular flexibility index (Phi) is 8.82. The number of carboxylic acids is 1. The molecule has 1 rings (SSSR count). The van der Waals surface area contributed by atoms with Crippen molar-refractivity contribution in [1.82, 2.24) is 5.32 Å². The van der Waals surface area contributed by atoms with Crippen molar-refractivity contribution in [2.75, 3.05) is 13.2 Å². The summed E-state index contributed by atoms with van der Waals surface area (Å²) in [4.78, 5) is 43.4. The number of hydrogen-bond donors (Lipinski definition) is 3. The van der Waals surface area contributed by atoms with E-state index in [2.05, 4.69) is 5.32 Å². The Balaban J connectivity index is 3.16. The van der Waals surface area contributed by atoms with Crippen molar-refractivity contribution in [2.45, 2.75) is 45.2 Å². The first-order valence-electron chi connectivity index (χ1n) is 8.16. The summed E-state index contributed by atoms with van der Waals surface area (Å²) < 4.78 is 25.2. The molecule has 0 aliphatic carbocycles. The minimum atomic E-state index is -2.06. The SMILES string of the molecule is CCOOC(COC(C)=O)C(F)C1OC(C(=O)O)=CC(C=N)C1NC(C)=O. The van der Waals surface area contributed by atoms with Crippen molar-refractivity contribution in [3.8, 4) is 0 Å². The van der Waals surface area contributed by atoms with Crippen LogP contribution in [0.3, 0.4) is 0 Å². The molecule has 0 bridgehead atoms. The van der Waals surface area contributed by atoms with Gasteiger partial charge in [-0.05, 0) is 13.0 Å². The van der Waals surface area contributed by atoms with Crippen LogP contribution < -0.4 is 5.32 Å². The van der Waals surface area contributed by atoms with Gasteiger partial charge in [-0.2, -0.15) is 0 Å². The van der Waals surface area contributed by atoms with Gasteiger partial charge in [-0.15, -0.1) is 0 Å². The van der Waals surface area contributed by atoms with Gasteiger partial charge in [0, 0.05) is 26.0 Å². The van der Waals surface area contributed by atoms with Crippen LogP contribution in [0.2, 0.25) is 0 Å². The Morgan fingerprint density at radius 2 is 2.11 bits per heavy atom. The maximum absolute atomic E-state index is 15.2. The van der Waals surface area contributed by atoms with Gasteiger partial charge < -0.3 is 25.3 Å². The Labute approximate surface area is 155 Å². The van der Waals surface area contributed by atoms with E-state index in [0.717, 1.165) is 19.2 Å². The monoisotopic (exact) mass is 390 g/mol. The number of carbonyl (C=O) groups is 3. The molecule has 152 valence electrons. The molecule has 11 heteroatoms. The smallest absolute Gasteiger partial charge is 0.370 e. The average molecular weight is 390 g/mol. The second kappa shape index (κ2) is 10.6. The first-order chi connectivity index (χ1) is 12.7. The summed E-state index contributed by atoms with van der Waals surface area (Å²) in [5, 5.41) is 19.1. The van der Waals surface area contributed by atoms with Crippen LogP contribution in [0.15, 0.2) is 11.8 Å². The topological polar surface area (TPSA) is 144 Å². The first kappa shape index (κ1) is 22.5. The Hall–Kier alpha value is -2.53. The highest BCUT2D eigenvalue weighted by Crippen LogP contribution is 2.28. The van der Waals surface area contributed by atoms with E-state index in [0.29, 0.717) is 0 Å². The van der Waals surface area contributed by atoms with Crippen LogP contribution in [-0.2, 0) is 33.6 Å². The summed E-state index contributed by atoms with van der Waals surface area (Å²) >= 11 is 0. The molecule has 0 fully saturated rings. The van der Waals surface area contributed by atoms with E-state index >= 15 is 4.39 Å². The molecule has 0 saturated carbocycles. The summed E-state index contributed by atoms with van der Waals surface area (Å²) in [6.45, 7) is 3.45. The second-order valence-corrected chi connectivity index (χ2v) is 5.68. The second-order valence-electron chi connectivity index (χ2n) is 5.68. The molecule has 3 N–H and O–H groups in total. The lowest BCUT2D eigenvalue weighted by atomic mass is 9.88. The fourth-order valence-corrected chi connectivity index (χ4v) is 2.45. The van der Waals surface area contributed by atoms with Crippen LogP contribution in [0, 0.1) is 11.3 Å². The Morgan fingerprint density at radius 3 is 2.59 bits per heavy atom. The fourth-order valence-electron chi connectivity index (χ4n) is 2.45. The molecule has 5 unspecified atom stereocenters. The lowest BCUT2D eigenvalue weighted by Crippen LogP contribution is -2.57. The van der Waals surface area contributed by atoms with Gasteiger partial charge in [0.1, 0.15) is 6.61 Å². The van der Waals surface area contributed by atoms with Gasteiger partial charge in [-0.1, -0.05) is 0 Å². The molecule has 0 saturated heterocycles. The molecule has 0 aromatic heterocycles. The summed E-state index contributed by atoms with van der Waals surface area (Å²) in [6, 6.07) is -1.08. The van der Waals surface area contributed by atoms with Crippen LogP contribution in [0.4, 0.5) is 4.39 Å². The zero-order valence-corrected chi connectivity index (χ0v) is 15.1. The molecule has 0 radical (unpaired) electrons. The van der Waals surface area contributed by atoms with Gasteiger partial charge >= 0.3 is 11.9 Å². The molecule has 1 aliphatic heterocycles. The molecule has 0 spiro atoms. The number of aliphatic carboxylic acids is 1. The highest BCUT2D eigenvalue weighted by Gasteiger charge is 2.45. The number of carboxylic acid groups (broad SMARTS) is 1. The van der Waals surface area contributed by atoms with Gasteiger partial charge in [0.05, 0.1) is 12.6 Å². The summed E-state index contributed by atoms with van der Waals surface area (Å²) in [5.41, 5.74) is 0. The molecule has 0 aromatic rings. The fraction of sp³-hybridized carbons (Fsp3) is 0.625. The third-order valence-electron chi connectivity index (χ3n) is 3.58. The third-order valence-corrected chi connectivity index (χ3v) is 3.58. The minimum Gasteiger partial charge on any atom is -0.478 e. The van der Waals surface area contributed by atoms with Gasteiger partial charge in [0.25, 0.3) is 0 Å². The summed E-state index contributed by atoms with van der Waals surface area (Å²) in [6.07, 6.45) is -3.06. The number of carbonyl (C=O) groups excluding carboxylic acids is 2. The van der Waals surface area contributed by atoms with Crippen molar-refractivity contribution in [3.05, 3.63) is 11.8 Å². The van der Waals surface area contributed by atoms with Gasteiger partial charge in [-0.25, -0.2) is 19.0 Å². The minimum absolute atomic E-state index is 0.0767. The van der Waals surface area contributed by atoms with E-state index in [1.54, 1.807) is 6.92 Å². The maximum Gasteiger partial charge on any atom is 0.370 e. The lowest BCUT2D eigenvalue weighted by molar-refractivity contribution is -0.340. The number of nitrogens with one attached hydrogen (secondary N) is 2. The van der Waals surface area contributed by atoms with E-state index in [4.69, 9.17) is 24.7 Å². The van der Waals surface area contributed by atoms with Crippen LogP contribution in [0.1, 0.15) is 20.8 Å². The molecule has 1 amide bonds. The number of halogens is 1. The molecular weight excluding hydrogens is 367 g/mol. The van der Waals surface area contributed by atoms with Crippen LogP contribution in [-0.4, -0.2) is 66.8 Å². The van der Waals surface area contributed by atoms with Crippen LogP contribution in [0.25, 0.3) is 0 Å². The molecule has 1 aliphatic rings. The zero-order valence-electron chi connectivity index (χ0n) is 15.1. The van der Waals surface area contributed by atoms with E-state index in [1.807, 2.05) is 0 Å². The van der Waals surface area contributed by atoms with Crippen molar-refractivity contribution in [2.24, 2.45) is 5.92 Å². The van der Waals surface area contributed by atoms with Gasteiger partial charge in [0.2, 0.25) is 11.7 Å². The quantitative estimate of drug-likeness (QED) is 0.210. The average Bonchev–Trinajstić information content (AvgIpc) is 2.60. The Morgan fingerprint density at radius 1 is 1.44 bits per heavy atom. The van der Waals surface area contributed by atoms with E-state index in [1.165, 1.54) is 6.92 Å². The predicted molar refractivity (Wildman–Crippen MR) is 88.5 cm³/mol. The highest BCUT2D eigenvalue weighted by atomic mass is 19.1. The predicted octanol–water partition coefficient (Wildman–Crippen LogP) is 0.362. The van der Waals surface area contributed by atoms with Crippen LogP contribution in [0.5, 0.6) is 0 Å². The lowest BCUT2D eigenvalue weighted by Gasteiger charge is -2.38. The number of rotatable bonds is 10. The molecule has 0 aromatic carbocycles. The van der Waals surface area contributed by atoms with E-state index < -0.39 is 60.6 Å². The van der Waals surface area contributed by atoms with Crippen LogP contribution >= 0.6 is 0 Å². The number of esters is 1. The van der Waals surface area contributed by atoms with Crippen molar-refractivity contribution in [3.63, 3.8) is 0 Å².